The van der Waals surface area contributed by atoms with E-state index in [2.05, 4.69) is 0 Å². The van der Waals surface area contributed by atoms with Gasteiger partial charge in [0.05, 0.1) is 15.9 Å². The molecule has 2 aromatic rings. The lowest BCUT2D eigenvalue weighted by Crippen LogP contribution is -2.37. The molecular formula is C21H27FN2O5S2. The molecule has 0 spiro atoms. The van der Waals surface area contributed by atoms with Gasteiger partial charge in [-0.2, -0.15) is 8.61 Å². The molecule has 0 atom stereocenters. The monoisotopic (exact) mass is 470 g/mol. The van der Waals surface area contributed by atoms with E-state index in [-0.39, 0.29) is 42.1 Å². The molecule has 0 saturated carbocycles. The van der Waals surface area contributed by atoms with Crippen LogP contribution >= 0.6 is 0 Å². The predicted molar refractivity (Wildman–Crippen MR) is 115 cm³/mol. The Morgan fingerprint density at radius 3 is 1.87 bits per heavy atom. The van der Waals surface area contributed by atoms with E-state index in [1.807, 2.05) is 13.8 Å². The van der Waals surface area contributed by atoms with Crippen LogP contribution in [0.3, 0.4) is 0 Å². The van der Waals surface area contributed by atoms with Gasteiger partial charge >= 0.3 is 0 Å². The molecule has 1 saturated heterocycles. The lowest BCUT2D eigenvalue weighted by atomic mass is 10.2. The summed E-state index contributed by atoms with van der Waals surface area (Å²) in [7, 11) is -7.62. The van der Waals surface area contributed by atoms with Crippen molar-refractivity contribution in [2.45, 2.75) is 43.1 Å². The molecule has 0 aromatic heterocycles. The molecule has 1 aliphatic heterocycles. The van der Waals surface area contributed by atoms with Crippen molar-refractivity contribution in [3.8, 4) is 5.75 Å². The lowest BCUT2D eigenvalue weighted by molar-refractivity contribution is 0.240. The molecule has 0 bridgehead atoms. The number of hydrogen-bond acceptors (Lipinski definition) is 5. The summed E-state index contributed by atoms with van der Waals surface area (Å²) in [6.07, 6.45) is 0.327. The zero-order valence-corrected chi connectivity index (χ0v) is 19.4. The van der Waals surface area contributed by atoms with Crippen LogP contribution in [0.4, 0.5) is 4.39 Å². The molecule has 3 rings (SSSR count). The Labute approximate surface area is 183 Å². The van der Waals surface area contributed by atoms with Crippen molar-refractivity contribution in [3.05, 3.63) is 53.8 Å². The summed E-state index contributed by atoms with van der Waals surface area (Å²) in [5, 5.41) is 0. The zero-order valence-electron chi connectivity index (χ0n) is 17.8. The van der Waals surface area contributed by atoms with Crippen LogP contribution in [0.15, 0.2) is 52.3 Å². The molecule has 0 amide bonds. The second-order valence-corrected chi connectivity index (χ2v) is 11.6. The maximum absolute atomic E-state index is 13.2. The summed E-state index contributed by atoms with van der Waals surface area (Å²) in [5.74, 6) is 0.105. The molecule has 1 aliphatic rings. The first kappa shape index (κ1) is 23.6. The van der Waals surface area contributed by atoms with Gasteiger partial charge in [-0.25, -0.2) is 21.2 Å². The summed E-state index contributed by atoms with van der Waals surface area (Å²) >= 11 is 0. The second kappa shape index (κ2) is 9.23. The largest absolute Gasteiger partial charge is 0.491 e. The van der Waals surface area contributed by atoms with Crippen LogP contribution in [0.2, 0.25) is 0 Å². The third-order valence-electron chi connectivity index (χ3n) is 5.01. The Bertz CT molecular complexity index is 1130. The fourth-order valence-electron chi connectivity index (χ4n) is 3.42. The van der Waals surface area contributed by atoms with Crippen LogP contribution in [0.1, 0.15) is 25.8 Å². The van der Waals surface area contributed by atoms with Gasteiger partial charge in [-0.1, -0.05) is 0 Å². The van der Waals surface area contributed by atoms with Gasteiger partial charge < -0.3 is 4.74 Å². The molecule has 1 heterocycles. The van der Waals surface area contributed by atoms with Crippen molar-refractivity contribution in [2.75, 3.05) is 26.2 Å². The Morgan fingerprint density at radius 2 is 1.35 bits per heavy atom. The fourth-order valence-corrected chi connectivity index (χ4v) is 6.45. The predicted octanol–water partition coefficient (Wildman–Crippen LogP) is 3.01. The van der Waals surface area contributed by atoms with Crippen molar-refractivity contribution in [1.29, 1.82) is 0 Å². The summed E-state index contributed by atoms with van der Waals surface area (Å²) in [6.45, 7) is 6.03. The highest BCUT2D eigenvalue weighted by atomic mass is 32.2. The minimum absolute atomic E-state index is 0.0124. The van der Waals surface area contributed by atoms with Crippen LogP contribution < -0.4 is 4.74 Å². The summed E-state index contributed by atoms with van der Waals surface area (Å²) in [6, 6.07) is 9.35. The number of hydrogen-bond donors (Lipinski definition) is 0. The smallest absolute Gasteiger partial charge is 0.243 e. The van der Waals surface area contributed by atoms with E-state index in [0.717, 1.165) is 12.1 Å². The third-order valence-corrected chi connectivity index (χ3v) is 8.82. The number of sulfonamides is 2. The van der Waals surface area contributed by atoms with Crippen molar-refractivity contribution in [2.24, 2.45) is 0 Å². The van der Waals surface area contributed by atoms with Crippen molar-refractivity contribution in [1.82, 2.24) is 8.61 Å². The molecule has 0 unspecified atom stereocenters. The maximum atomic E-state index is 13.2. The summed E-state index contributed by atoms with van der Waals surface area (Å²) < 4.78 is 73.5. The van der Waals surface area contributed by atoms with Crippen molar-refractivity contribution >= 4 is 20.0 Å². The van der Waals surface area contributed by atoms with Crippen molar-refractivity contribution in [3.63, 3.8) is 0 Å². The SMILES string of the molecule is Cc1cc(S(=O)(=O)N2CCCN(S(=O)(=O)c3ccc(F)cc3)CC2)ccc1OC(C)C. The second-order valence-electron chi connectivity index (χ2n) is 7.71. The first-order valence-electron chi connectivity index (χ1n) is 10.0. The molecule has 2 aromatic carbocycles. The molecule has 170 valence electrons. The number of ether oxygens (including phenoxy) is 1. The van der Waals surface area contributed by atoms with E-state index >= 15 is 0 Å². The standard InChI is InChI=1S/C21H27FN2O5S2/c1-16(2)29-21-10-9-20(15-17(21)3)31(27,28)24-12-4-11-23(13-14-24)30(25,26)19-7-5-18(22)6-8-19/h5-10,15-16H,4,11-14H2,1-3H3. The molecule has 0 radical (unpaired) electrons. The van der Waals surface area contributed by atoms with Gasteiger partial charge in [-0.15, -0.1) is 0 Å². The summed E-state index contributed by atoms with van der Waals surface area (Å²) in [4.78, 5) is 0.137. The minimum atomic E-state index is -3.83. The Hall–Kier alpha value is -2.01. The van der Waals surface area contributed by atoms with Gasteiger partial charge in [0.15, 0.2) is 0 Å². The zero-order chi connectivity index (χ0) is 22.8. The van der Waals surface area contributed by atoms with Crippen molar-refractivity contribution < 1.29 is 26.0 Å². The molecule has 31 heavy (non-hydrogen) atoms. The van der Waals surface area contributed by atoms with Gasteiger partial charge in [-0.3, -0.25) is 0 Å². The molecule has 1 fully saturated rings. The van der Waals surface area contributed by atoms with Crippen LogP contribution in [-0.4, -0.2) is 57.7 Å². The lowest BCUT2D eigenvalue weighted by Gasteiger charge is -2.22. The van der Waals surface area contributed by atoms with E-state index in [1.54, 1.807) is 19.1 Å². The van der Waals surface area contributed by atoms with Crippen LogP contribution in [0.5, 0.6) is 5.75 Å². The average Bonchev–Trinajstić information content (AvgIpc) is 2.97. The number of aryl methyl sites for hydroxylation is 1. The average molecular weight is 471 g/mol. The minimum Gasteiger partial charge on any atom is -0.491 e. The maximum Gasteiger partial charge on any atom is 0.243 e. The van der Waals surface area contributed by atoms with Gasteiger partial charge in [-0.05, 0) is 75.2 Å². The van der Waals surface area contributed by atoms with Gasteiger partial charge in [0.1, 0.15) is 11.6 Å². The van der Waals surface area contributed by atoms with Gasteiger partial charge in [0.2, 0.25) is 20.0 Å². The highest BCUT2D eigenvalue weighted by Crippen LogP contribution is 2.26. The summed E-state index contributed by atoms with van der Waals surface area (Å²) in [5.41, 5.74) is 0.713. The highest BCUT2D eigenvalue weighted by molar-refractivity contribution is 7.89. The van der Waals surface area contributed by atoms with E-state index in [4.69, 9.17) is 4.74 Å². The highest BCUT2D eigenvalue weighted by Gasteiger charge is 2.32. The fraction of sp³-hybridized carbons (Fsp3) is 0.429. The molecule has 0 aliphatic carbocycles. The Kier molecular flexibility index (Phi) is 7.04. The van der Waals surface area contributed by atoms with Gasteiger partial charge in [0.25, 0.3) is 0 Å². The number of halogens is 1. The number of rotatable bonds is 6. The number of benzene rings is 2. The first-order chi connectivity index (χ1) is 14.5. The van der Waals surface area contributed by atoms with Gasteiger partial charge in [0, 0.05) is 26.2 Å². The molecular weight excluding hydrogens is 443 g/mol. The quantitative estimate of drug-likeness (QED) is 0.648. The van der Waals surface area contributed by atoms with Crippen LogP contribution in [0.25, 0.3) is 0 Å². The van der Waals surface area contributed by atoms with E-state index < -0.39 is 25.9 Å². The first-order valence-corrected chi connectivity index (χ1v) is 12.9. The van der Waals surface area contributed by atoms with Crippen LogP contribution in [0, 0.1) is 12.7 Å². The molecule has 7 nitrogen and oxygen atoms in total. The normalized spacial score (nSPS) is 16.9. The number of nitrogens with zero attached hydrogens (tertiary/aromatic N) is 2. The molecule has 0 N–H and O–H groups in total. The van der Waals surface area contributed by atoms with E-state index in [9.17, 15) is 21.2 Å². The van der Waals surface area contributed by atoms with E-state index in [1.165, 1.54) is 26.8 Å². The topological polar surface area (TPSA) is 84.0 Å². The third kappa shape index (κ3) is 5.25. The molecule has 10 heteroatoms. The van der Waals surface area contributed by atoms with Crippen LogP contribution in [-0.2, 0) is 20.0 Å². The van der Waals surface area contributed by atoms with E-state index in [0.29, 0.717) is 17.7 Å². The Morgan fingerprint density at radius 1 is 0.839 bits per heavy atom. The Balaban J connectivity index is 1.78.